The number of fused-ring (bicyclic) bond motifs is 1. The van der Waals surface area contributed by atoms with E-state index in [4.69, 9.17) is 25.2 Å². The average molecular weight is 445 g/mol. The van der Waals surface area contributed by atoms with Gasteiger partial charge in [-0.15, -0.1) is 0 Å². The molecule has 0 aromatic carbocycles. The lowest BCUT2D eigenvalue weighted by Gasteiger charge is -2.25. The first-order chi connectivity index (χ1) is 11.5. The lowest BCUT2D eigenvalue weighted by atomic mass is 10.0. The van der Waals surface area contributed by atoms with Gasteiger partial charge >= 0.3 is 0 Å². The number of halogens is 1. The number of rotatable bonds is 5. The summed E-state index contributed by atoms with van der Waals surface area (Å²) in [5.74, 6) is 0. The minimum Gasteiger partial charge on any atom is -0.364 e. The number of nitrogens with zero attached hydrogens (tertiary/aromatic N) is 4. The van der Waals surface area contributed by atoms with Crippen LogP contribution in [0.15, 0.2) is 12.5 Å². The average Bonchev–Trinajstić information content (AvgIpc) is 3.03. The molecule has 7 nitrogen and oxygen atoms in total. The Balaban J connectivity index is 2.12. The Bertz CT molecular complexity index is 737. The van der Waals surface area contributed by atoms with Gasteiger partial charge < -0.3 is 17.9 Å². The van der Waals surface area contributed by atoms with Crippen molar-refractivity contribution in [1.29, 1.82) is 0 Å². The Morgan fingerprint density at radius 3 is 2.46 bits per heavy atom. The molecule has 9 atom stereocenters. The predicted molar refractivity (Wildman–Crippen MR) is 111 cm³/mol. The summed E-state index contributed by atoms with van der Waals surface area (Å²) in [4.78, 5) is 8.48. The second-order valence-corrected chi connectivity index (χ2v) is 7.74. The van der Waals surface area contributed by atoms with Gasteiger partial charge in [0.25, 0.3) is 0 Å². The molecule has 13 heteroatoms. The fourth-order valence-corrected chi connectivity index (χ4v) is 5.31. The van der Waals surface area contributed by atoms with Crippen LogP contribution >= 0.6 is 58.8 Å². The molecule has 2 aromatic rings. The predicted octanol–water partition coefficient (Wildman–Crippen LogP) is 2.40. The van der Waals surface area contributed by atoms with Gasteiger partial charge in [-0.05, 0) is 9.39 Å². The van der Waals surface area contributed by atoms with E-state index in [-0.39, 0.29) is 24.3 Å². The van der Waals surface area contributed by atoms with Crippen LogP contribution in [-0.2, 0) is 13.6 Å². The third-order valence-corrected chi connectivity index (χ3v) is 6.41. The molecule has 1 aliphatic heterocycles. The van der Waals surface area contributed by atoms with Crippen molar-refractivity contribution >= 4 is 69.8 Å². The lowest BCUT2D eigenvalue weighted by Crippen LogP contribution is -2.35. The maximum atomic E-state index is 6.23. The van der Waals surface area contributed by atoms with Crippen molar-refractivity contribution in [3.63, 3.8) is 0 Å². The van der Waals surface area contributed by atoms with Gasteiger partial charge in [-0.3, -0.25) is 4.67 Å². The first-order valence-corrected chi connectivity index (χ1v) is 9.69. The molecule has 24 heavy (non-hydrogen) atoms. The third-order valence-electron chi connectivity index (χ3n) is 4.21. The standard InChI is InChI=1S/C11H18ClN4O3P5/c12-11-8-6(13-3-14-11)4(1-15(8)20)7-10(19-24)9(18-23)5(2-17-22)16(7)21/h1,3,5,7,9-10H,2,20-24H2/t5-,7+,9-,10+/m1/s1. The Kier molecular flexibility index (Phi) is 6.78. The molecule has 1 fully saturated rings. The van der Waals surface area contributed by atoms with E-state index in [2.05, 4.69) is 61.8 Å². The van der Waals surface area contributed by atoms with Crippen LogP contribution in [0.2, 0.25) is 5.15 Å². The minimum absolute atomic E-state index is 0.0132. The van der Waals surface area contributed by atoms with Crippen molar-refractivity contribution in [3.05, 3.63) is 23.2 Å². The van der Waals surface area contributed by atoms with Gasteiger partial charge in [0.05, 0.1) is 24.2 Å². The van der Waals surface area contributed by atoms with E-state index in [9.17, 15) is 0 Å². The van der Waals surface area contributed by atoms with Crippen molar-refractivity contribution < 1.29 is 13.6 Å². The molecule has 132 valence electrons. The molecular weight excluding hydrogens is 426 g/mol. The van der Waals surface area contributed by atoms with Crippen molar-refractivity contribution in [2.24, 2.45) is 0 Å². The highest BCUT2D eigenvalue weighted by Gasteiger charge is 2.50. The molecule has 0 saturated carbocycles. The Morgan fingerprint density at radius 2 is 1.83 bits per heavy atom. The second kappa shape index (κ2) is 8.28. The van der Waals surface area contributed by atoms with Crippen molar-refractivity contribution in [2.45, 2.75) is 24.3 Å². The molecule has 1 aliphatic rings. The molecule has 0 bridgehead atoms. The second-order valence-electron chi connectivity index (χ2n) is 5.35. The van der Waals surface area contributed by atoms with Crippen LogP contribution in [0.3, 0.4) is 0 Å². The molecule has 3 rings (SSSR count). The van der Waals surface area contributed by atoms with Gasteiger partial charge in [-0.2, -0.15) is 0 Å². The van der Waals surface area contributed by atoms with Gasteiger partial charge in [0, 0.05) is 40.2 Å². The Labute approximate surface area is 156 Å². The summed E-state index contributed by atoms with van der Waals surface area (Å²) in [5, 5.41) is 0.404. The smallest absolute Gasteiger partial charge is 0.156 e. The quantitative estimate of drug-likeness (QED) is 0.521. The summed E-state index contributed by atoms with van der Waals surface area (Å²) in [6, 6.07) is -0.126. The molecule has 5 unspecified atom stereocenters. The maximum absolute atomic E-state index is 6.23. The van der Waals surface area contributed by atoms with E-state index in [1.54, 1.807) is 0 Å². The Hall–Kier alpha value is 0.900. The zero-order valence-electron chi connectivity index (χ0n) is 12.4. The zero-order chi connectivity index (χ0) is 17.4. The van der Waals surface area contributed by atoms with E-state index >= 15 is 0 Å². The van der Waals surface area contributed by atoms with Crippen molar-refractivity contribution in [1.82, 2.24) is 19.0 Å². The molecule has 2 aromatic heterocycles. The topological polar surface area (TPSA) is 61.6 Å². The summed E-state index contributed by atoms with van der Waals surface area (Å²) >= 11 is 6.23. The number of hydrogen-bond donors (Lipinski definition) is 0. The van der Waals surface area contributed by atoms with Crippen LogP contribution in [0.25, 0.3) is 11.0 Å². The SMILES string of the molecule is POC[C@@H]1[C@@H](OP)[C@@H](OP)[C@H](c2cn(P)c3c(Cl)ncnc23)N1P. The molecule has 1 saturated heterocycles. The highest BCUT2D eigenvalue weighted by Crippen LogP contribution is 2.46. The van der Waals surface area contributed by atoms with E-state index in [0.717, 1.165) is 16.6 Å². The first kappa shape index (κ1) is 19.7. The molecular formula is C11H18ClN4O3P5. The third kappa shape index (κ3) is 3.28. The van der Waals surface area contributed by atoms with Gasteiger partial charge in [-0.1, -0.05) is 21.0 Å². The van der Waals surface area contributed by atoms with Crippen molar-refractivity contribution in [2.75, 3.05) is 6.61 Å². The van der Waals surface area contributed by atoms with E-state index in [0.29, 0.717) is 11.8 Å². The lowest BCUT2D eigenvalue weighted by molar-refractivity contribution is 0.0813. The van der Waals surface area contributed by atoms with Crippen molar-refractivity contribution in [3.8, 4) is 0 Å². The van der Waals surface area contributed by atoms with E-state index in [1.165, 1.54) is 6.33 Å². The van der Waals surface area contributed by atoms with Crippen LogP contribution in [-0.4, -0.2) is 43.8 Å². The fourth-order valence-electron chi connectivity index (χ4n) is 3.17. The number of aromatic nitrogens is 3. The summed E-state index contributed by atoms with van der Waals surface area (Å²) in [5.41, 5.74) is 2.52. The van der Waals surface area contributed by atoms with Crippen LogP contribution in [0, 0.1) is 0 Å². The van der Waals surface area contributed by atoms with E-state index in [1.807, 2.05) is 10.5 Å². The summed E-state index contributed by atoms with van der Waals surface area (Å²) in [6.07, 6.45) is 3.00. The van der Waals surface area contributed by atoms with Crippen LogP contribution in [0.4, 0.5) is 0 Å². The van der Waals surface area contributed by atoms with Crippen LogP contribution in [0.1, 0.15) is 11.6 Å². The molecule has 0 aliphatic carbocycles. The minimum atomic E-state index is -0.237. The fraction of sp³-hybridized carbons (Fsp3) is 0.455. The van der Waals surface area contributed by atoms with Crippen LogP contribution in [0.5, 0.6) is 0 Å². The molecule has 0 N–H and O–H groups in total. The normalized spacial score (nSPS) is 28.1. The first-order valence-electron chi connectivity index (χ1n) is 6.87. The molecule has 0 radical (unpaired) electrons. The molecule has 0 amide bonds. The van der Waals surface area contributed by atoms with Gasteiger partial charge in [0.2, 0.25) is 0 Å². The van der Waals surface area contributed by atoms with Crippen LogP contribution < -0.4 is 0 Å². The molecule has 3 heterocycles. The zero-order valence-corrected chi connectivity index (χ0v) is 19.0. The van der Waals surface area contributed by atoms with Gasteiger partial charge in [0.15, 0.2) is 5.15 Å². The van der Waals surface area contributed by atoms with Gasteiger partial charge in [-0.25, -0.2) is 9.97 Å². The number of hydrogen-bond acceptors (Lipinski definition) is 6. The summed E-state index contributed by atoms with van der Waals surface area (Å²) < 4.78 is 20.5. The summed E-state index contributed by atoms with van der Waals surface area (Å²) in [6.45, 7) is 0.476. The monoisotopic (exact) mass is 444 g/mol. The largest absolute Gasteiger partial charge is 0.364 e. The maximum Gasteiger partial charge on any atom is 0.156 e. The Morgan fingerprint density at radius 1 is 1.12 bits per heavy atom. The highest BCUT2D eigenvalue weighted by atomic mass is 35.5. The highest BCUT2D eigenvalue weighted by molar-refractivity contribution is 7.15. The van der Waals surface area contributed by atoms with E-state index < -0.39 is 0 Å². The summed E-state index contributed by atoms with van der Waals surface area (Å²) in [7, 11) is 12.3. The van der Waals surface area contributed by atoms with Gasteiger partial charge in [0.1, 0.15) is 24.1 Å². The molecule has 0 spiro atoms.